The van der Waals surface area contributed by atoms with Crippen LogP contribution in [-0.4, -0.2) is 28.9 Å². The summed E-state index contributed by atoms with van der Waals surface area (Å²) in [6.45, 7) is 0.940. The van der Waals surface area contributed by atoms with Gasteiger partial charge in [0.05, 0.1) is 18.2 Å². The van der Waals surface area contributed by atoms with E-state index < -0.39 is 0 Å². The molecule has 3 unspecified atom stereocenters. The van der Waals surface area contributed by atoms with Crippen molar-refractivity contribution in [3.05, 3.63) is 29.8 Å². The van der Waals surface area contributed by atoms with Crippen LogP contribution in [0.1, 0.15) is 43.8 Å². The topological polar surface area (TPSA) is 43.7 Å². The first-order valence-corrected chi connectivity index (χ1v) is 6.99. The molecule has 1 aliphatic heterocycles. The molecule has 1 heterocycles. The van der Waals surface area contributed by atoms with Crippen LogP contribution < -0.4 is 4.90 Å². The zero-order valence-electron chi connectivity index (χ0n) is 10.6. The van der Waals surface area contributed by atoms with E-state index in [1.807, 2.05) is 18.2 Å². The Morgan fingerprint density at radius 3 is 2.61 bits per heavy atom. The van der Waals surface area contributed by atoms with Crippen LogP contribution in [0.15, 0.2) is 24.3 Å². The van der Waals surface area contributed by atoms with Crippen molar-refractivity contribution in [2.45, 2.75) is 50.4 Å². The summed E-state index contributed by atoms with van der Waals surface area (Å²) in [6, 6.07) is 8.33. The predicted octanol–water partition coefficient (Wildman–Crippen LogP) is 2.23. The van der Waals surface area contributed by atoms with Gasteiger partial charge in [-0.25, -0.2) is 0 Å². The molecule has 0 radical (unpaired) electrons. The maximum atomic E-state index is 10.2. The number of aliphatic hydroxyl groups is 2. The number of fused-ring (bicyclic) bond motifs is 1. The van der Waals surface area contributed by atoms with E-state index in [0.29, 0.717) is 0 Å². The minimum absolute atomic E-state index is 0.215. The van der Waals surface area contributed by atoms with Crippen LogP contribution in [-0.2, 0) is 0 Å². The van der Waals surface area contributed by atoms with Crippen LogP contribution >= 0.6 is 0 Å². The van der Waals surface area contributed by atoms with E-state index in [4.69, 9.17) is 0 Å². The van der Waals surface area contributed by atoms with E-state index in [-0.39, 0.29) is 18.2 Å². The fraction of sp³-hybridized carbons (Fsp3) is 0.600. The van der Waals surface area contributed by atoms with Crippen LogP contribution in [0.25, 0.3) is 0 Å². The number of aliphatic hydroxyl groups excluding tert-OH is 2. The molecule has 98 valence electrons. The summed E-state index contributed by atoms with van der Waals surface area (Å²) in [5, 5.41) is 20.3. The largest absolute Gasteiger partial charge is 0.391 e. The summed E-state index contributed by atoms with van der Waals surface area (Å²) in [7, 11) is 0. The van der Waals surface area contributed by atoms with Crippen LogP contribution in [0.5, 0.6) is 0 Å². The Morgan fingerprint density at radius 2 is 1.83 bits per heavy atom. The summed E-state index contributed by atoms with van der Waals surface area (Å²) >= 11 is 0. The summed E-state index contributed by atoms with van der Waals surface area (Å²) in [5.41, 5.74) is 2.14. The van der Waals surface area contributed by atoms with E-state index in [1.165, 1.54) is 0 Å². The maximum Gasteiger partial charge on any atom is 0.0810 e. The minimum Gasteiger partial charge on any atom is -0.391 e. The number of hydrogen-bond acceptors (Lipinski definition) is 3. The second kappa shape index (κ2) is 4.90. The summed E-state index contributed by atoms with van der Waals surface area (Å²) in [6.07, 6.45) is 4.30. The van der Waals surface area contributed by atoms with Crippen LogP contribution in [0.2, 0.25) is 0 Å². The van der Waals surface area contributed by atoms with Gasteiger partial charge in [0.15, 0.2) is 0 Å². The molecule has 0 aromatic heterocycles. The second-order valence-electron chi connectivity index (χ2n) is 5.48. The molecule has 3 atom stereocenters. The lowest BCUT2D eigenvalue weighted by Gasteiger charge is -2.33. The van der Waals surface area contributed by atoms with Crippen molar-refractivity contribution in [3.63, 3.8) is 0 Å². The second-order valence-corrected chi connectivity index (χ2v) is 5.48. The molecular formula is C15H21NO2. The van der Waals surface area contributed by atoms with Gasteiger partial charge in [0.25, 0.3) is 0 Å². The van der Waals surface area contributed by atoms with E-state index in [0.717, 1.165) is 49.9 Å². The number of rotatable bonds is 1. The molecule has 0 bridgehead atoms. The Morgan fingerprint density at radius 1 is 1.00 bits per heavy atom. The average Bonchev–Trinajstić information content (AvgIpc) is 2.73. The van der Waals surface area contributed by atoms with Crippen molar-refractivity contribution in [3.8, 4) is 0 Å². The molecule has 0 spiro atoms. The van der Waals surface area contributed by atoms with Crippen molar-refractivity contribution in [2.24, 2.45) is 0 Å². The zero-order valence-corrected chi connectivity index (χ0v) is 10.6. The van der Waals surface area contributed by atoms with Gasteiger partial charge in [0, 0.05) is 17.8 Å². The molecule has 0 saturated heterocycles. The Bertz CT molecular complexity index is 421. The smallest absolute Gasteiger partial charge is 0.0810 e. The van der Waals surface area contributed by atoms with Gasteiger partial charge in [-0.2, -0.15) is 0 Å². The molecule has 3 heteroatoms. The molecule has 1 aliphatic carbocycles. The van der Waals surface area contributed by atoms with Gasteiger partial charge in [0.2, 0.25) is 0 Å². The predicted molar refractivity (Wildman–Crippen MR) is 71.6 cm³/mol. The third kappa shape index (κ3) is 2.02. The highest BCUT2D eigenvalue weighted by molar-refractivity contribution is 5.56. The van der Waals surface area contributed by atoms with Gasteiger partial charge in [0.1, 0.15) is 0 Å². The molecule has 1 fully saturated rings. The van der Waals surface area contributed by atoms with E-state index >= 15 is 0 Å². The first kappa shape index (κ1) is 12.0. The first-order valence-electron chi connectivity index (χ1n) is 6.99. The lowest BCUT2D eigenvalue weighted by Crippen LogP contribution is -2.41. The van der Waals surface area contributed by atoms with Gasteiger partial charge in [-0.15, -0.1) is 0 Å². The van der Waals surface area contributed by atoms with Crippen molar-refractivity contribution in [1.29, 1.82) is 0 Å². The number of benzene rings is 1. The van der Waals surface area contributed by atoms with Crippen molar-refractivity contribution < 1.29 is 10.2 Å². The van der Waals surface area contributed by atoms with Gasteiger partial charge in [-0.05, 0) is 38.2 Å². The van der Waals surface area contributed by atoms with E-state index in [2.05, 4.69) is 11.0 Å². The van der Waals surface area contributed by atoms with E-state index in [1.54, 1.807) is 0 Å². The molecule has 0 amide bonds. The SMILES string of the molecule is OC1CCCN(C2CCCC2O)c2ccccc21. The molecule has 2 aliphatic rings. The third-order valence-electron chi connectivity index (χ3n) is 4.33. The first-order chi connectivity index (χ1) is 8.77. The highest BCUT2D eigenvalue weighted by atomic mass is 16.3. The van der Waals surface area contributed by atoms with Crippen molar-refractivity contribution >= 4 is 5.69 Å². The molecule has 2 N–H and O–H groups in total. The lowest BCUT2D eigenvalue weighted by molar-refractivity contribution is 0.160. The summed E-state index contributed by atoms with van der Waals surface area (Å²) < 4.78 is 0. The average molecular weight is 247 g/mol. The molecule has 18 heavy (non-hydrogen) atoms. The summed E-state index contributed by atoms with van der Waals surface area (Å²) in [4.78, 5) is 2.32. The van der Waals surface area contributed by atoms with Gasteiger partial charge >= 0.3 is 0 Å². The quantitative estimate of drug-likeness (QED) is 0.800. The lowest BCUT2D eigenvalue weighted by atomic mass is 10.0. The molecule has 3 nitrogen and oxygen atoms in total. The fourth-order valence-corrected chi connectivity index (χ4v) is 3.39. The van der Waals surface area contributed by atoms with Gasteiger partial charge in [-0.3, -0.25) is 0 Å². The monoisotopic (exact) mass is 247 g/mol. The molecule has 1 aromatic carbocycles. The van der Waals surface area contributed by atoms with Gasteiger partial charge < -0.3 is 15.1 Å². The van der Waals surface area contributed by atoms with Crippen LogP contribution in [0.3, 0.4) is 0 Å². The molecule has 1 saturated carbocycles. The van der Waals surface area contributed by atoms with Crippen molar-refractivity contribution in [1.82, 2.24) is 0 Å². The molecular weight excluding hydrogens is 226 g/mol. The summed E-state index contributed by atoms with van der Waals surface area (Å²) in [5.74, 6) is 0. The number of anilines is 1. The third-order valence-corrected chi connectivity index (χ3v) is 4.33. The van der Waals surface area contributed by atoms with Gasteiger partial charge in [-0.1, -0.05) is 18.2 Å². The normalized spacial score (nSPS) is 32.1. The Kier molecular flexibility index (Phi) is 3.27. The molecule has 1 aromatic rings. The van der Waals surface area contributed by atoms with Crippen molar-refractivity contribution in [2.75, 3.05) is 11.4 Å². The Hall–Kier alpha value is -1.06. The highest BCUT2D eigenvalue weighted by Gasteiger charge is 2.33. The molecule has 3 rings (SSSR count). The highest BCUT2D eigenvalue weighted by Crippen LogP contribution is 2.37. The Labute approximate surface area is 108 Å². The standard InChI is InChI=1S/C15H21NO2/c17-14-9-4-10-16(13-7-3-8-15(13)18)12-6-2-1-5-11(12)14/h1-2,5-6,13-15,17-18H,3-4,7-10H2. The van der Waals surface area contributed by atoms with Crippen LogP contribution in [0.4, 0.5) is 5.69 Å². The number of nitrogens with zero attached hydrogens (tertiary/aromatic N) is 1. The minimum atomic E-state index is -0.357. The fourth-order valence-electron chi connectivity index (χ4n) is 3.39. The zero-order chi connectivity index (χ0) is 12.5. The maximum absolute atomic E-state index is 10.2. The van der Waals surface area contributed by atoms with Crippen LogP contribution in [0, 0.1) is 0 Å². The Balaban J connectivity index is 1.97. The van der Waals surface area contributed by atoms with E-state index in [9.17, 15) is 10.2 Å². The number of hydrogen-bond donors (Lipinski definition) is 2. The number of para-hydroxylation sites is 1.